The molecule has 3 rings (SSSR count). The van der Waals surface area contributed by atoms with Crippen LogP contribution in [0, 0.1) is 0 Å². The first-order valence-corrected chi connectivity index (χ1v) is 8.94. The quantitative estimate of drug-likeness (QED) is 0.892. The summed E-state index contributed by atoms with van der Waals surface area (Å²) in [4.78, 5) is 0. The summed E-state index contributed by atoms with van der Waals surface area (Å²) in [7, 11) is 0. The summed E-state index contributed by atoms with van der Waals surface area (Å²) in [5, 5.41) is 4.57. The minimum Gasteiger partial charge on any atom is -0.493 e. The zero-order valence-corrected chi connectivity index (χ0v) is 13.4. The lowest BCUT2D eigenvalue weighted by Crippen LogP contribution is -2.27. The Kier molecular flexibility index (Phi) is 4.72. The van der Waals surface area contributed by atoms with Crippen molar-refractivity contribution in [3.8, 4) is 5.75 Å². The van der Waals surface area contributed by atoms with Crippen LogP contribution in [-0.2, 0) is 0 Å². The summed E-state index contributed by atoms with van der Waals surface area (Å²) < 4.78 is 6.95. The Morgan fingerprint density at radius 2 is 2.26 bits per heavy atom. The van der Waals surface area contributed by atoms with Gasteiger partial charge in [0.05, 0.1) is 6.61 Å². The molecule has 19 heavy (non-hydrogen) atoms. The van der Waals surface area contributed by atoms with E-state index >= 15 is 0 Å². The van der Waals surface area contributed by atoms with E-state index in [1.54, 1.807) is 0 Å². The highest BCUT2D eigenvalue weighted by atomic mass is 79.9. The van der Waals surface area contributed by atoms with Gasteiger partial charge in [0.2, 0.25) is 0 Å². The minimum absolute atomic E-state index is 0.451. The Hall–Kier alpha value is -0.190. The first-order chi connectivity index (χ1) is 9.33. The molecule has 1 aromatic carbocycles. The third kappa shape index (κ3) is 3.47. The lowest BCUT2D eigenvalue weighted by molar-refractivity contribution is 0.315. The van der Waals surface area contributed by atoms with Crippen LogP contribution in [0.3, 0.4) is 0 Å². The molecule has 1 aromatic rings. The predicted octanol–water partition coefficient (Wildman–Crippen LogP) is 4.15. The third-order valence-electron chi connectivity index (χ3n) is 3.86. The average molecular weight is 342 g/mol. The van der Waals surface area contributed by atoms with Crippen LogP contribution in [0.5, 0.6) is 5.75 Å². The van der Waals surface area contributed by atoms with Gasteiger partial charge in [-0.05, 0) is 43.6 Å². The molecule has 0 bridgehead atoms. The Balaban J connectivity index is 1.70. The molecule has 0 saturated carbocycles. The standard InChI is InChI=1S/C15H20BrNOS/c16-11-5-6-13-14(4-1-7-18-15(13)9-11)17-10-12-3-2-8-19-12/h5-6,9,12,14,17H,1-4,7-8,10H2. The summed E-state index contributed by atoms with van der Waals surface area (Å²) in [6, 6.07) is 6.86. The van der Waals surface area contributed by atoms with Gasteiger partial charge in [-0.15, -0.1) is 0 Å². The normalized spacial score (nSPS) is 26.6. The lowest BCUT2D eigenvalue weighted by Gasteiger charge is -2.20. The fourth-order valence-corrected chi connectivity index (χ4v) is 4.39. The Morgan fingerprint density at radius 3 is 3.11 bits per heavy atom. The molecule has 2 atom stereocenters. The van der Waals surface area contributed by atoms with E-state index in [0.29, 0.717) is 6.04 Å². The van der Waals surface area contributed by atoms with Crippen molar-refractivity contribution in [2.75, 3.05) is 18.9 Å². The highest BCUT2D eigenvalue weighted by Gasteiger charge is 2.22. The van der Waals surface area contributed by atoms with E-state index in [9.17, 15) is 0 Å². The fraction of sp³-hybridized carbons (Fsp3) is 0.600. The van der Waals surface area contributed by atoms with E-state index < -0.39 is 0 Å². The number of benzene rings is 1. The predicted molar refractivity (Wildman–Crippen MR) is 85.1 cm³/mol. The average Bonchev–Trinajstić information content (AvgIpc) is 2.84. The van der Waals surface area contributed by atoms with Gasteiger partial charge in [-0.25, -0.2) is 0 Å². The van der Waals surface area contributed by atoms with E-state index in [4.69, 9.17) is 4.74 Å². The van der Waals surface area contributed by atoms with Gasteiger partial charge in [0, 0.05) is 27.9 Å². The van der Waals surface area contributed by atoms with Gasteiger partial charge in [-0.3, -0.25) is 0 Å². The smallest absolute Gasteiger partial charge is 0.125 e. The Bertz CT molecular complexity index is 434. The number of halogens is 1. The zero-order chi connectivity index (χ0) is 13.1. The van der Waals surface area contributed by atoms with Gasteiger partial charge < -0.3 is 10.1 Å². The fourth-order valence-electron chi connectivity index (χ4n) is 2.84. The van der Waals surface area contributed by atoms with Crippen molar-refractivity contribution in [2.24, 2.45) is 0 Å². The molecule has 0 aliphatic carbocycles. The van der Waals surface area contributed by atoms with Gasteiger partial charge >= 0.3 is 0 Å². The molecular weight excluding hydrogens is 322 g/mol. The zero-order valence-electron chi connectivity index (χ0n) is 11.0. The van der Waals surface area contributed by atoms with Crippen LogP contribution in [0.25, 0.3) is 0 Å². The SMILES string of the molecule is Brc1ccc2c(c1)OCCCC2NCC1CCCS1. The van der Waals surface area contributed by atoms with Crippen molar-refractivity contribution >= 4 is 27.7 Å². The molecule has 1 fully saturated rings. The monoisotopic (exact) mass is 341 g/mol. The van der Waals surface area contributed by atoms with Gasteiger partial charge in [-0.2, -0.15) is 11.8 Å². The topological polar surface area (TPSA) is 21.3 Å². The molecule has 2 heterocycles. The Labute approximate surface area is 127 Å². The molecule has 0 radical (unpaired) electrons. The van der Waals surface area contributed by atoms with Crippen LogP contribution in [-0.4, -0.2) is 24.2 Å². The van der Waals surface area contributed by atoms with Crippen molar-refractivity contribution in [1.82, 2.24) is 5.32 Å². The highest BCUT2D eigenvalue weighted by Crippen LogP contribution is 2.34. The molecular formula is C15H20BrNOS. The molecule has 2 unspecified atom stereocenters. The van der Waals surface area contributed by atoms with Crippen LogP contribution in [0.1, 0.15) is 37.3 Å². The molecule has 104 valence electrons. The maximum Gasteiger partial charge on any atom is 0.125 e. The van der Waals surface area contributed by atoms with E-state index in [-0.39, 0.29) is 0 Å². The Morgan fingerprint density at radius 1 is 1.32 bits per heavy atom. The van der Waals surface area contributed by atoms with E-state index in [1.165, 1.54) is 30.6 Å². The second kappa shape index (κ2) is 6.51. The van der Waals surface area contributed by atoms with Gasteiger partial charge in [0.1, 0.15) is 5.75 Å². The van der Waals surface area contributed by atoms with Crippen LogP contribution in [0.2, 0.25) is 0 Å². The first kappa shape index (κ1) is 13.8. The van der Waals surface area contributed by atoms with Crippen LogP contribution in [0.4, 0.5) is 0 Å². The number of rotatable bonds is 3. The van der Waals surface area contributed by atoms with Gasteiger partial charge in [-0.1, -0.05) is 22.0 Å². The molecule has 1 saturated heterocycles. The van der Waals surface area contributed by atoms with E-state index in [1.807, 2.05) is 0 Å². The van der Waals surface area contributed by atoms with Crippen LogP contribution < -0.4 is 10.1 Å². The van der Waals surface area contributed by atoms with E-state index in [0.717, 1.165) is 35.0 Å². The summed E-state index contributed by atoms with van der Waals surface area (Å²) in [6.07, 6.45) is 5.05. The molecule has 2 aliphatic rings. The minimum atomic E-state index is 0.451. The number of nitrogens with one attached hydrogen (secondary N) is 1. The molecule has 1 N–H and O–H groups in total. The lowest BCUT2D eigenvalue weighted by atomic mass is 10.0. The number of fused-ring (bicyclic) bond motifs is 1. The third-order valence-corrected chi connectivity index (χ3v) is 5.75. The van der Waals surface area contributed by atoms with Crippen molar-refractivity contribution in [3.05, 3.63) is 28.2 Å². The number of hydrogen-bond acceptors (Lipinski definition) is 3. The molecule has 0 aromatic heterocycles. The first-order valence-electron chi connectivity index (χ1n) is 7.10. The second-order valence-corrected chi connectivity index (χ2v) is 7.59. The molecule has 2 aliphatic heterocycles. The highest BCUT2D eigenvalue weighted by molar-refractivity contribution is 9.10. The van der Waals surface area contributed by atoms with E-state index in [2.05, 4.69) is 51.2 Å². The summed E-state index contributed by atoms with van der Waals surface area (Å²) in [5.41, 5.74) is 1.32. The summed E-state index contributed by atoms with van der Waals surface area (Å²) >= 11 is 5.64. The summed E-state index contributed by atoms with van der Waals surface area (Å²) in [6.45, 7) is 1.96. The van der Waals surface area contributed by atoms with Crippen LogP contribution in [0.15, 0.2) is 22.7 Å². The van der Waals surface area contributed by atoms with Crippen LogP contribution >= 0.6 is 27.7 Å². The van der Waals surface area contributed by atoms with Gasteiger partial charge in [0.15, 0.2) is 0 Å². The molecule has 4 heteroatoms. The number of hydrogen-bond donors (Lipinski definition) is 1. The second-order valence-electron chi connectivity index (χ2n) is 5.27. The van der Waals surface area contributed by atoms with Crippen molar-refractivity contribution in [1.29, 1.82) is 0 Å². The molecule has 2 nitrogen and oxygen atoms in total. The number of ether oxygens (including phenoxy) is 1. The molecule has 0 amide bonds. The maximum atomic E-state index is 5.86. The van der Waals surface area contributed by atoms with Crippen molar-refractivity contribution in [3.63, 3.8) is 0 Å². The van der Waals surface area contributed by atoms with Gasteiger partial charge in [0.25, 0.3) is 0 Å². The van der Waals surface area contributed by atoms with Crippen molar-refractivity contribution < 1.29 is 4.74 Å². The number of thioether (sulfide) groups is 1. The summed E-state index contributed by atoms with van der Waals surface area (Å²) in [5.74, 6) is 2.38. The van der Waals surface area contributed by atoms with Crippen molar-refractivity contribution in [2.45, 2.75) is 37.0 Å². The largest absolute Gasteiger partial charge is 0.493 e. The maximum absolute atomic E-state index is 5.86. The molecule has 0 spiro atoms.